The Morgan fingerprint density at radius 1 is 1.32 bits per heavy atom. The van der Waals surface area contributed by atoms with Crippen molar-refractivity contribution in [3.8, 4) is 5.75 Å². The normalized spacial score (nSPS) is 9.95. The van der Waals surface area contributed by atoms with Crippen molar-refractivity contribution in [1.82, 2.24) is 5.32 Å². The van der Waals surface area contributed by atoms with Crippen LogP contribution in [0.4, 0.5) is 5.69 Å². The van der Waals surface area contributed by atoms with Crippen LogP contribution in [-0.4, -0.2) is 37.2 Å². The summed E-state index contributed by atoms with van der Waals surface area (Å²) in [5.41, 5.74) is 0.613. The fourth-order valence-electron chi connectivity index (χ4n) is 1.51. The first-order chi connectivity index (χ1) is 9.13. The number of rotatable bonds is 8. The number of carbonyl (C=O) groups excluding carboxylic acids is 1. The van der Waals surface area contributed by atoms with Crippen molar-refractivity contribution < 1.29 is 19.4 Å². The largest absolute Gasteiger partial charge is 0.495 e. The number of nitrogens with one attached hydrogen (secondary N) is 2. The lowest BCUT2D eigenvalue weighted by atomic mass is 10.3. The standard InChI is InChI=1S/C13H18N2O4/c1-19-11-6-3-2-5-10(11)15-12(16)9-14-8-4-7-13(17)18/h2-3,5-6,14H,4,7-9H2,1H3,(H,15,16)(H,17,18). The van der Waals surface area contributed by atoms with Crippen molar-refractivity contribution in [3.05, 3.63) is 24.3 Å². The van der Waals surface area contributed by atoms with E-state index in [1.54, 1.807) is 18.2 Å². The molecule has 0 aromatic heterocycles. The van der Waals surface area contributed by atoms with Crippen LogP contribution in [-0.2, 0) is 9.59 Å². The Morgan fingerprint density at radius 3 is 2.74 bits per heavy atom. The van der Waals surface area contributed by atoms with Crippen molar-refractivity contribution in [2.24, 2.45) is 0 Å². The molecule has 1 rings (SSSR count). The molecule has 6 nitrogen and oxygen atoms in total. The molecular weight excluding hydrogens is 248 g/mol. The number of hydrogen-bond acceptors (Lipinski definition) is 4. The number of carboxylic acid groups (broad SMARTS) is 1. The zero-order chi connectivity index (χ0) is 14.1. The summed E-state index contributed by atoms with van der Waals surface area (Å²) < 4.78 is 5.12. The predicted molar refractivity (Wildman–Crippen MR) is 71.4 cm³/mol. The highest BCUT2D eigenvalue weighted by molar-refractivity contribution is 5.93. The number of para-hydroxylation sites is 2. The number of aliphatic carboxylic acids is 1. The summed E-state index contributed by atoms with van der Waals surface area (Å²) in [6, 6.07) is 7.13. The second kappa shape index (κ2) is 8.10. The van der Waals surface area contributed by atoms with E-state index >= 15 is 0 Å². The van der Waals surface area contributed by atoms with Crippen LogP contribution >= 0.6 is 0 Å². The Hall–Kier alpha value is -2.08. The highest BCUT2D eigenvalue weighted by Crippen LogP contribution is 2.22. The average molecular weight is 266 g/mol. The molecule has 6 heteroatoms. The predicted octanol–water partition coefficient (Wildman–Crippen LogP) is 1.09. The van der Waals surface area contributed by atoms with Gasteiger partial charge in [0.2, 0.25) is 5.91 Å². The second-order valence-electron chi connectivity index (χ2n) is 3.92. The van der Waals surface area contributed by atoms with Gasteiger partial charge in [-0.25, -0.2) is 0 Å². The topological polar surface area (TPSA) is 87.7 Å². The van der Waals surface area contributed by atoms with E-state index in [0.29, 0.717) is 24.4 Å². The highest BCUT2D eigenvalue weighted by Gasteiger charge is 2.06. The van der Waals surface area contributed by atoms with Gasteiger partial charge in [-0.2, -0.15) is 0 Å². The molecule has 1 amide bonds. The molecule has 0 aliphatic rings. The summed E-state index contributed by atoms with van der Waals surface area (Å²) >= 11 is 0. The van der Waals surface area contributed by atoms with Crippen LogP contribution in [0.5, 0.6) is 5.75 Å². The zero-order valence-electron chi connectivity index (χ0n) is 10.8. The number of hydrogen-bond donors (Lipinski definition) is 3. The van der Waals surface area contributed by atoms with Crippen LogP contribution in [0.15, 0.2) is 24.3 Å². The van der Waals surface area contributed by atoms with E-state index in [1.807, 2.05) is 6.07 Å². The number of benzene rings is 1. The summed E-state index contributed by atoms with van der Waals surface area (Å²) in [4.78, 5) is 21.9. The fourth-order valence-corrected chi connectivity index (χ4v) is 1.51. The van der Waals surface area contributed by atoms with Gasteiger partial charge in [-0.1, -0.05) is 12.1 Å². The van der Waals surface area contributed by atoms with Gasteiger partial charge >= 0.3 is 5.97 Å². The molecule has 0 saturated heterocycles. The summed E-state index contributed by atoms with van der Waals surface area (Å²) in [6.07, 6.45) is 0.596. The van der Waals surface area contributed by atoms with E-state index in [2.05, 4.69) is 10.6 Å². The molecule has 19 heavy (non-hydrogen) atoms. The van der Waals surface area contributed by atoms with Gasteiger partial charge in [-0.3, -0.25) is 9.59 Å². The highest BCUT2D eigenvalue weighted by atomic mass is 16.5. The number of amides is 1. The Morgan fingerprint density at radius 2 is 2.05 bits per heavy atom. The van der Waals surface area contributed by atoms with E-state index in [9.17, 15) is 9.59 Å². The molecule has 3 N–H and O–H groups in total. The van der Waals surface area contributed by atoms with Crippen molar-refractivity contribution in [3.63, 3.8) is 0 Å². The van der Waals surface area contributed by atoms with Gasteiger partial charge in [0.25, 0.3) is 0 Å². The maximum Gasteiger partial charge on any atom is 0.303 e. The Labute approximate surface area is 111 Å². The van der Waals surface area contributed by atoms with Gasteiger partial charge in [-0.15, -0.1) is 0 Å². The van der Waals surface area contributed by atoms with E-state index < -0.39 is 5.97 Å². The molecule has 0 heterocycles. The Kier molecular flexibility index (Phi) is 6.38. The third kappa shape index (κ3) is 5.87. The minimum atomic E-state index is -0.833. The van der Waals surface area contributed by atoms with Crippen molar-refractivity contribution in [2.75, 3.05) is 25.5 Å². The number of carboxylic acids is 1. The summed E-state index contributed by atoms with van der Waals surface area (Å²) in [7, 11) is 1.54. The van der Waals surface area contributed by atoms with Gasteiger partial charge in [0.05, 0.1) is 19.3 Å². The van der Waals surface area contributed by atoms with Crippen molar-refractivity contribution >= 4 is 17.6 Å². The molecule has 1 aromatic carbocycles. The van der Waals surface area contributed by atoms with Crippen LogP contribution in [0.3, 0.4) is 0 Å². The molecular formula is C13H18N2O4. The lowest BCUT2D eigenvalue weighted by molar-refractivity contribution is -0.137. The van der Waals surface area contributed by atoms with Crippen LogP contribution < -0.4 is 15.4 Å². The number of methoxy groups -OCH3 is 1. The van der Waals surface area contributed by atoms with E-state index in [4.69, 9.17) is 9.84 Å². The molecule has 0 radical (unpaired) electrons. The van der Waals surface area contributed by atoms with Gasteiger partial charge < -0.3 is 20.5 Å². The first kappa shape index (κ1) is 15.0. The maximum atomic E-state index is 11.6. The first-order valence-corrected chi connectivity index (χ1v) is 5.99. The molecule has 0 fully saturated rings. The van der Waals surface area contributed by atoms with Gasteiger partial charge in [0.1, 0.15) is 5.75 Å². The summed E-state index contributed by atoms with van der Waals surface area (Å²) in [6.45, 7) is 0.628. The molecule has 0 bridgehead atoms. The Balaban J connectivity index is 2.29. The van der Waals surface area contributed by atoms with Crippen molar-refractivity contribution in [1.29, 1.82) is 0 Å². The third-order valence-corrected chi connectivity index (χ3v) is 2.41. The lowest BCUT2D eigenvalue weighted by Crippen LogP contribution is -2.29. The van der Waals surface area contributed by atoms with E-state index in [0.717, 1.165) is 0 Å². The molecule has 0 aliphatic carbocycles. The van der Waals surface area contributed by atoms with Gasteiger partial charge in [-0.05, 0) is 25.1 Å². The monoisotopic (exact) mass is 266 g/mol. The number of carbonyl (C=O) groups is 2. The SMILES string of the molecule is COc1ccccc1NC(=O)CNCCCC(=O)O. The molecule has 0 saturated carbocycles. The minimum Gasteiger partial charge on any atom is -0.495 e. The second-order valence-corrected chi connectivity index (χ2v) is 3.92. The van der Waals surface area contributed by atoms with E-state index in [1.165, 1.54) is 7.11 Å². The number of anilines is 1. The quantitative estimate of drug-likeness (QED) is 0.613. The van der Waals surface area contributed by atoms with Gasteiger partial charge in [0.15, 0.2) is 0 Å². The van der Waals surface area contributed by atoms with Gasteiger partial charge in [0, 0.05) is 6.42 Å². The van der Waals surface area contributed by atoms with Crippen LogP contribution in [0.25, 0.3) is 0 Å². The zero-order valence-corrected chi connectivity index (χ0v) is 10.8. The van der Waals surface area contributed by atoms with Crippen molar-refractivity contribution in [2.45, 2.75) is 12.8 Å². The average Bonchev–Trinajstić information content (AvgIpc) is 2.38. The smallest absolute Gasteiger partial charge is 0.303 e. The number of ether oxygens (including phenoxy) is 1. The first-order valence-electron chi connectivity index (χ1n) is 5.99. The molecule has 0 atom stereocenters. The van der Waals surface area contributed by atoms with Crippen LogP contribution in [0.1, 0.15) is 12.8 Å². The molecule has 0 aliphatic heterocycles. The van der Waals surface area contributed by atoms with Crippen LogP contribution in [0, 0.1) is 0 Å². The molecule has 0 spiro atoms. The molecule has 104 valence electrons. The van der Waals surface area contributed by atoms with E-state index in [-0.39, 0.29) is 18.9 Å². The Bertz CT molecular complexity index is 434. The molecule has 1 aromatic rings. The summed E-state index contributed by atoms with van der Waals surface area (Å²) in [5.74, 6) is -0.429. The third-order valence-electron chi connectivity index (χ3n) is 2.41. The fraction of sp³-hybridized carbons (Fsp3) is 0.385. The maximum absolute atomic E-state index is 11.6. The summed E-state index contributed by atoms with van der Waals surface area (Å²) in [5, 5.41) is 14.1. The lowest BCUT2D eigenvalue weighted by Gasteiger charge is -2.10. The van der Waals surface area contributed by atoms with Crippen LogP contribution in [0.2, 0.25) is 0 Å². The molecule has 0 unspecified atom stereocenters. The minimum absolute atomic E-state index is 0.0983.